The van der Waals surface area contributed by atoms with Gasteiger partial charge in [0.2, 0.25) is 10.0 Å². The number of hydrogen-bond acceptors (Lipinski definition) is 4. The summed E-state index contributed by atoms with van der Waals surface area (Å²) in [4.78, 5) is 10.8. The number of sulfonamides is 1. The Morgan fingerprint density at radius 1 is 1.43 bits per heavy atom. The molecule has 21 heavy (non-hydrogen) atoms. The van der Waals surface area contributed by atoms with Crippen molar-refractivity contribution in [1.82, 2.24) is 4.72 Å². The molecule has 0 unspecified atom stereocenters. The number of nitrogens with one attached hydrogen (secondary N) is 1. The highest BCUT2D eigenvalue weighted by molar-refractivity contribution is 9.10. The summed E-state index contributed by atoms with van der Waals surface area (Å²) in [5.41, 5.74) is 1.21. The van der Waals surface area contributed by atoms with Crippen molar-refractivity contribution in [2.75, 3.05) is 0 Å². The maximum Gasteiger partial charge on any atom is 0.347 e. The number of aryl methyl sites for hydroxylation is 1. The zero-order chi connectivity index (χ0) is 15.6. The minimum absolute atomic E-state index is 0.0934. The van der Waals surface area contributed by atoms with Gasteiger partial charge in [-0.15, -0.1) is 11.3 Å². The van der Waals surface area contributed by atoms with Crippen LogP contribution in [0.2, 0.25) is 0 Å². The Hall–Kier alpha value is -1.22. The number of carbonyl (C=O) groups is 1. The van der Waals surface area contributed by atoms with Gasteiger partial charge in [0.05, 0.1) is 0 Å². The molecule has 0 radical (unpaired) electrons. The van der Waals surface area contributed by atoms with E-state index in [1.165, 1.54) is 5.38 Å². The lowest BCUT2D eigenvalue weighted by molar-refractivity contribution is 0.0698. The number of benzene rings is 1. The Morgan fingerprint density at radius 3 is 2.76 bits per heavy atom. The Bertz CT molecular complexity index is 783. The molecule has 1 aromatic heterocycles. The van der Waals surface area contributed by atoms with Crippen molar-refractivity contribution in [3.63, 3.8) is 0 Å². The van der Waals surface area contributed by atoms with Crippen LogP contribution < -0.4 is 4.72 Å². The van der Waals surface area contributed by atoms with Gasteiger partial charge in [0, 0.05) is 11.0 Å². The van der Waals surface area contributed by atoms with Gasteiger partial charge >= 0.3 is 5.97 Å². The van der Waals surface area contributed by atoms with E-state index in [9.17, 15) is 13.2 Å². The summed E-state index contributed by atoms with van der Waals surface area (Å²) in [6.07, 6.45) is 0. The van der Waals surface area contributed by atoms with Crippen molar-refractivity contribution < 1.29 is 18.3 Å². The quantitative estimate of drug-likeness (QED) is 0.822. The molecule has 0 fully saturated rings. The average Bonchev–Trinajstić information content (AvgIpc) is 2.80. The van der Waals surface area contributed by atoms with E-state index in [0.29, 0.717) is 5.56 Å². The zero-order valence-electron chi connectivity index (χ0n) is 11.0. The Kier molecular flexibility index (Phi) is 4.82. The summed E-state index contributed by atoms with van der Waals surface area (Å²) in [5, 5.41) is 10.6. The molecule has 5 nitrogen and oxygen atoms in total. The lowest BCUT2D eigenvalue weighted by Gasteiger charge is -2.08. The van der Waals surface area contributed by atoms with Crippen molar-refractivity contribution in [3.05, 3.63) is 50.1 Å². The molecule has 112 valence electrons. The third-order valence-electron chi connectivity index (χ3n) is 2.74. The number of hydrogen-bond donors (Lipinski definition) is 2. The highest BCUT2D eigenvalue weighted by atomic mass is 79.9. The van der Waals surface area contributed by atoms with Crippen LogP contribution in [0.15, 0.2) is 39.0 Å². The standard InChI is InChI=1S/C13H12BrNO4S2/c1-8-7-20-11(13(16)17)12(8)21(18,19)15-6-9-3-2-4-10(14)5-9/h2-5,7,15H,6H2,1H3,(H,16,17). The molecule has 0 amide bonds. The number of carboxylic acids is 1. The van der Waals surface area contributed by atoms with Crippen LogP contribution in [0.4, 0.5) is 0 Å². The number of thiophene rings is 1. The van der Waals surface area contributed by atoms with Crippen molar-refractivity contribution >= 4 is 43.3 Å². The van der Waals surface area contributed by atoms with E-state index in [-0.39, 0.29) is 16.3 Å². The molecule has 0 saturated carbocycles. The predicted octanol–water partition coefficient (Wildman–Crippen LogP) is 3.00. The summed E-state index contributed by atoms with van der Waals surface area (Å²) in [6.45, 7) is 1.67. The lowest BCUT2D eigenvalue weighted by atomic mass is 10.2. The van der Waals surface area contributed by atoms with Crippen LogP contribution in [0, 0.1) is 6.92 Å². The molecule has 0 atom stereocenters. The zero-order valence-corrected chi connectivity index (χ0v) is 14.2. The first kappa shape index (κ1) is 16.2. The van der Waals surface area contributed by atoms with Gasteiger partial charge < -0.3 is 5.11 Å². The van der Waals surface area contributed by atoms with Gasteiger partial charge in [-0.2, -0.15) is 0 Å². The summed E-state index contributed by atoms with van der Waals surface area (Å²) in [5.74, 6) is -1.24. The number of aromatic carboxylic acids is 1. The first-order valence-corrected chi connectivity index (χ1v) is 9.02. The van der Waals surface area contributed by atoms with E-state index >= 15 is 0 Å². The molecular formula is C13H12BrNO4S2. The van der Waals surface area contributed by atoms with Crippen LogP contribution in [0.1, 0.15) is 20.8 Å². The molecule has 0 spiro atoms. The third-order valence-corrected chi connectivity index (χ3v) is 6.03. The normalized spacial score (nSPS) is 11.5. The summed E-state index contributed by atoms with van der Waals surface area (Å²) < 4.78 is 27.9. The molecule has 0 aliphatic rings. The number of rotatable bonds is 5. The minimum atomic E-state index is -3.87. The van der Waals surface area contributed by atoms with Gasteiger partial charge in [-0.05, 0) is 35.6 Å². The van der Waals surface area contributed by atoms with Crippen molar-refractivity contribution in [1.29, 1.82) is 0 Å². The number of halogens is 1. The maximum absolute atomic E-state index is 12.3. The van der Waals surface area contributed by atoms with Crippen molar-refractivity contribution in [2.24, 2.45) is 0 Å². The van der Waals surface area contributed by atoms with Crippen molar-refractivity contribution in [3.8, 4) is 0 Å². The van der Waals surface area contributed by atoms with Crippen LogP contribution >= 0.6 is 27.3 Å². The molecule has 1 aromatic carbocycles. The molecule has 0 aliphatic heterocycles. The molecule has 2 rings (SSSR count). The molecule has 0 aliphatic carbocycles. The van der Waals surface area contributed by atoms with E-state index in [4.69, 9.17) is 5.11 Å². The maximum atomic E-state index is 12.3. The summed E-state index contributed by atoms with van der Waals surface area (Å²) in [7, 11) is -3.87. The van der Waals surface area contributed by atoms with Gasteiger partial charge in [-0.25, -0.2) is 17.9 Å². The lowest BCUT2D eigenvalue weighted by Crippen LogP contribution is -2.25. The van der Waals surface area contributed by atoms with E-state index in [1.807, 2.05) is 6.07 Å². The molecule has 1 heterocycles. The minimum Gasteiger partial charge on any atom is -0.477 e. The van der Waals surface area contributed by atoms with Gasteiger partial charge in [0.15, 0.2) is 0 Å². The van der Waals surface area contributed by atoms with Crippen molar-refractivity contribution in [2.45, 2.75) is 18.4 Å². The van der Waals surface area contributed by atoms with E-state index in [2.05, 4.69) is 20.7 Å². The van der Waals surface area contributed by atoms with Gasteiger partial charge in [-0.3, -0.25) is 0 Å². The van der Waals surface area contributed by atoms with Crippen LogP contribution in [0.25, 0.3) is 0 Å². The Balaban J connectivity index is 2.27. The average molecular weight is 390 g/mol. The second kappa shape index (κ2) is 6.27. The van der Waals surface area contributed by atoms with Gasteiger partial charge in [-0.1, -0.05) is 28.1 Å². The molecule has 0 saturated heterocycles. The molecule has 2 N–H and O–H groups in total. The summed E-state index contributed by atoms with van der Waals surface area (Å²) in [6, 6.07) is 7.21. The third kappa shape index (κ3) is 3.70. The Labute approximate surface area is 134 Å². The molecule has 0 bridgehead atoms. The van der Waals surface area contributed by atoms with E-state index < -0.39 is 16.0 Å². The Morgan fingerprint density at radius 2 is 2.14 bits per heavy atom. The van der Waals surface area contributed by atoms with Crippen LogP contribution in [-0.4, -0.2) is 19.5 Å². The topological polar surface area (TPSA) is 83.5 Å². The highest BCUT2D eigenvalue weighted by Crippen LogP contribution is 2.27. The molecular weight excluding hydrogens is 378 g/mol. The smallest absolute Gasteiger partial charge is 0.347 e. The second-order valence-electron chi connectivity index (χ2n) is 4.34. The fourth-order valence-electron chi connectivity index (χ4n) is 1.81. The van der Waals surface area contributed by atoms with Gasteiger partial charge in [0.1, 0.15) is 9.77 Å². The molecule has 8 heteroatoms. The monoisotopic (exact) mass is 389 g/mol. The van der Waals surface area contributed by atoms with Gasteiger partial charge in [0.25, 0.3) is 0 Å². The van der Waals surface area contributed by atoms with Crippen LogP contribution in [-0.2, 0) is 16.6 Å². The SMILES string of the molecule is Cc1csc(C(=O)O)c1S(=O)(=O)NCc1cccc(Br)c1. The fourth-order valence-corrected chi connectivity index (χ4v) is 4.90. The van der Waals surface area contributed by atoms with Crippen LogP contribution in [0.5, 0.6) is 0 Å². The van der Waals surface area contributed by atoms with E-state index in [0.717, 1.165) is 21.4 Å². The molecule has 2 aromatic rings. The highest BCUT2D eigenvalue weighted by Gasteiger charge is 2.26. The van der Waals surface area contributed by atoms with Crippen LogP contribution in [0.3, 0.4) is 0 Å². The first-order valence-electron chi connectivity index (χ1n) is 5.87. The summed E-state index contributed by atoms with van der Waals surface area (Å²) >= 11 is 4.22. The second-order valence-corrected chi connectivity index (χ2v) is 7.84. The largest absolute Gasteiger partial charge is 0.477 e. The fraction of sp³-hybridized carbons (Fsp3) is 0.154. The van der Waals surface area contributed by atoms with E-state index in [1.54, 1.807) is 25.1 Å². The predicted molar refractivity (Wildman–Crippen MR) is 84.2 cm³/mol. The first-order chi connectivity index (χ1) is 9.81. The number of carboxylic acid groups (broad SMARTS) is 1.